The number of likely N-dealkylation sites (tertiary alicyclic amines) is 1. The second-order valence-electron chi connectivity index (χ2n) is 7.79. The van der Waals surface area contributed by atoms with Crippen LogP contribution in [0.1, 0.15) is 42.6 Å². The molecule has 3 aromatic rings. The predicted molar refractivity (Wildman–Crippen MR) is 113 cm³/mol. The van der Waals surface area contributed by atoms with E-state index in [0.717, 1.165) is 43.0 Å². The zero-order valence-electron chi connectivity index (χ0n) is 17.4. The second-order valence-corrected chi connectivity index (χ2v) is 7.79. The van der Waals surface area contributed by atoms with Crippen molar-refractivity contribution in [1.82, 2.24) is 4.90 Å². The van der Waals surface area contributed by atoms with Gasteiger partial charge in [-0.1, -0.05) is 37.3 Å². The highest BCUT2D eigenvalue weighted by Gasteiger charge is 2.28. The third-order valence-corrected chi connectivity index (χ3v) is 5.71. The Balaban J connectivity index is 0.00000256. The van der Waals surface area contributed by atoms with E-state index in [1.54, 1.807) is 19.1 Å². The molecule has 0 saturated carbocycles. The summed E-state index contributed by atoms with van der Waals surface area (Å²) in [5.41, 5.74) is 2.52. The fourth-order valence-electron chi connectivity index (χ4n) is 4.04. The summed E-state index contributed by atoms with van der Waals surface area (Å²) in [5.74, 6) is 0.966. The van der Waals surface area contributed by atoms with E-state index in [-0.39, 0.29) is 24.8 Å². The fourth-order valence-corrected chi connectivity index (χ4v) is 4.04. The lowest BCUT2D eigenvalue weighted by Crippen LogP contribution is -3.00. The topological polar surface area (TPSA) is 62.9 Å². The number of halogens is 1. The average Bonchev–Trinajstić information content (AvgIpc) is 3.12. The number of rotatable bonds is 5. The number of hydrogen-bond donors (Lipinski definition) is 1. The van der Waals surface area contributed by atoms with Crippen molar-refractivity contribution in [1.29, 1.82) is 0 Å². The van der Waals surface area contributed by atoms with Crippen LogP contribution in [-0.2, 0) is 11.3 Å². The van der Waals surface area contributed by atoms with Crippen LogP contribution in [0.3, 0.4) is 0 Å². The predicted octanol–water partition coefficient (Wildman–Crippen LogP) is 2.22. The van der Waals surface area contributed by atoms with Crippen LogP contribution in [-0.4, -0.2) is 35.7 Å². The molecule has 1 fully saturated rings. The van der Waals surface area contributed by atoms with E-state index in [4.69, 9.17) is 9.15 Å². The summed E-state index contributed by atoms with van der Waals surface area (Å²) in [7, 11) is 0. The van der Waals surface area contributed by atoms with E-state index < -0.39 is 5.97 Å². The number of esters is 1. The van der Waals surface area contributed by atoms with E-state index in [9.17, 15) is 9.90 Å². The highest BCUT2D eigenvalue weighted by atomic mass is 35.5. The molecule has 1 N–H and O–H groups in total. The molecule has 2 heterocycles. The third kappa shape index (κ3) is 4.32. The number of hydrogen-bond acceptors (Lipinski definition) is 5. The van der Waals surface area contributed by atoms with Gasteiger partial charge in [0, 0.05) is 23.1 Å². The van der Waals surface area contributed by atoms with Gasteiger partial charge in [0.2, 0.25) is 0 Å². The maximum Gasteiger partial charge on any atom is 0.342 e. The van der Waals surface area contributed by atoms with Crippen molar-refractivity contribution in [3.63, 3.8) is 0 Å². The van der Waals surface area contributed by atoms with Crippen molar-refractivity contribution in [2.24, 2.45) is 5.92 Å². The maximum atomic E-state index is 12.9. The Morgan fingerprint density at radius 3 is 2.53 bits per heavy atom. The minimum atomic E-state index is -0.427. The first-order valence-electron chi connectivity index (χ1n) is 10.3. The number of ether oxygens (including phenoxy) is 1. The molecule has 1 aliphatic heterocycles. The lowest BCUT2D eigenvalue weighted by Gasteiger charge is -2.30. The monoisotopic (exact) mass is 428 g/mol. The molecule has 4 rings (SSSR count). The molecule has 0 bridgehead atoms. The summed E-state index contributed by atoms with van der Waals surface area (Å²) < 4.78 is 11.5. The standard InChI is InChI=1S/C24H27NO4.ClH/c1-3-28-24(27)22-21-18(15-25-13-11-16(2)12-14-25)19(26)9-10-20(21)29-23(22)17-7-5-4-6-8-17;/h4-10,16,26H,3,11-15H2,1-2H3;1H/p-1. The van der Waals surface area contributed by atoms with Crippen LogP contribution < -0.4 is 12.4 Å². The first-order chi connectivity index (χ1) is 14.1. The quantitative estimate of drug-likeness (QED) is 0.631. The molecule has 2 aromatic carbocycles. The van der Waals surface area contributed by atoms with E-state index in [1.165, 1.54) is 0 Å². The van der Waals surface area contributed by atoms with Gasteiger partial charge in [-0.25, -0.2) is 4.79 Å². The lowest BCUT2D eigenvalue weighted by atomic mass is 9.97. The molecule has 30 heavy (non-hydrogen) atoms. The number of furan rings is 1. The zero-order valence-corrected chi connectivity index (χ0v) is 18.1. The van der Waals surface area contributed by atoms with Gasteiger partial charge in [0.05, 0.1) is 6.61 Å². The molecule has 0 spiro atoms. The maximum absolute atomic E-state index is 12.9. The SMILES string of the molecule is CCOC(=O)c1c(-c2ccccc2)oc2ccc(O)c(CN3CCC(C)CC3)c12.[Cl-]. The van der Waals surface area contributed by atoms with Crippen molar-refractivity contribution < 1.29 is 31.5 Å². The van der Waals surface area contributed by atoms with Crippen molar-refractivity contribution in [3.05, 3.63) is 53.6 Å². The van der Waals surface area contributed by atoms with Crippen LogP contribution in [0.25, 0.3) is 22.3 Å². The van der Waals surface area contributed by atoms with Gasteiger partial charge in [0.1, 0.15) is 22.7 Å². The lowest BCUT2D eigenvalue weighted by molar-refractivity contribution is -0.0000258. The van der Waals surface area contributed by atoms with E-state index in [1.807, 2.05) is 30.3 Å². The fraction of sp³-hybridized carbons (Fsp3) is 0.375. The van der Waals surface area contributed by atoms with Gasteiger partial charge in [-0.3, -0.25) is 4.90 Å². The number of aromatic hydroxyl groups is 1. The van der Waals surface area contributed by atoms with Crippen molar-refractivity contribution >= 4 is 16.9 Å². The molecule has 5 nitrogen and oxygen atoms in total. The molecule has 1 saturated heterocycles. The number of carbonyl (C=O) groups is 1. The van der Waals surface area contributed by atoms with Gasteiger partial charge < -0.3 is 26.7 Å². The van der Waals surface area contributed by atoms with Crippen molar-refractivity contribution in [2.75, 3.05) is 19.7 Å². The van der Waals surface area contributed by atoms with Crippen molar-refractivity contribution in [2.45, 2.75) is 33.2 Å². The Hall–Kier alpha value is -2.50. The molecule has 6 heteroatoms. The summed E-state index contributed by atoms with van der Waals surface area (Å²) in [6.07, 6.45) is 2.28. The Morgan fingerprint density at radius 2 is 1.87 bits per heavy atom. The number of piperidine rings is 1. The summed E-state index contributed by atoms with van der Waals surface area (Å²) in [6, 6.07) is 12.9. The molecular formula is C24H27ClNO4-. The summed E-state index contributed by atoms with van der Waals surface area (Å²) in [6.45, 7) is 6.88. The summed E-state index contributed by atoms with van der Waals surface area (Å²) in [5, 5.41) is 11.3. The number of phenols is 1. The minimum Gasteiger partial charge on any atom is -1.00 e. The molecule has 0 amide bonds. The largest absolute Gasteiger partial charge is 1.00 e. The van der Waals surface area contributed by atoms with Gasteiger partial charge in [-0.15, -0.1) is 0 Å². The van der Waals surface area contributed by atoms with Crippen LogP contribution in [0.15, 0.2) is 46.9 Å². The first-order valence-corrected chi connectivity index (χ1v) is 10.3. The first kappa shape index (κ1) is 22.2. The van der Waals surface area contributed by atoms with Crippen LogP contribution in [0.4, 0.5) is 0 Å². The van der Waals surface area contributed by atoms with Crippen LogP contribution in [0.5, 0.6) is 5.75 Å². The van der Waals surface area contributed by atoms with Crippen LogP contribution in [0, 0.1) is 5.92 Å². The second kappa shape index (κ2) is 9.54. The van der Waals surface area contributed by atoms with Crippen molar-refractivity contribution in [3.8, 4) is 17.1 Å². The van der Waals surface area contributed by atoms with E-state index in [2.05, 4.69) is 11.8 Å². The molecule has 0 atom stereocenters. The molecule has 1 aliphatic rings. The van der Waals surface area contributed by atoms with Gasteiger partial charge in [-0.05, 0) is 50.9 Å². The molecule has 0 aliphatic carbocycles. The summed E-state index contributed by atoms with van der Waals surface area (Å²) >= 11 is 0. The average molecular weight is 429 g/mol. The summed E-state index contributed by atoms with van der Waals surface area (Å²) in [4.78, 5) is 15.3. The Kier molecular flexibility index (Phi) is 7.06. The zero-order chi connectivity index (χ0) is 20.4. The Bertz CT molecular complexity index is 1010. The normalized spacial score (nSPS) is 15.1. The van der Waals surface area contributed by atoms with Gasteiger partial charge >= 0.3 is 5.97 Å². The van der Waals surface area contributed by atoms with Gasteiger partial charge in [-0.2, -0.15) is 0 Å². The molecule has 1 aromatic heterocycles. The van der Waals surface area contributed by atoms with Crippen LogP contribution >= 0.6 is 0 Å². The smallest absolute Gasteiger partial charge is 0.342 e. The van der Waals surface area contributed by atoms with E-state index in [0.29, 0.717) is 28.8 Å². The van der Waals surface area contributed by atoms with Gasteiger partial charge in [0.25, 0.3) is 0 Å². The molecule has 160 valence electrons. The number of benzene rings is 2. The molecular weight excluding hydrogens is 402 g/mol. The number of fused-ring (bicyclic) bond motifs is 1. The highest BCUT2D eigenvalue weighted by molar-refractivity contribution is 6.10. The number of phenolic OH excluding ortho intramolecular Hbond substituents is 1. The third-order valence-electron chi connectivity index (χ3n) is 5.71. The Labute approximate surface area is 183 Å². The molecule has 0 radical (unpaired) electrons. The van der Waals surface area contributed by atoms with Gasteiger partial charge in [0.15, 0.2) is 0 Å². The minimum absolute atomic E-state index is 0. The highest BCUT2D eigenvalue weighted by Crippen LogP contribution is 2.39. The molecule has 0 unspecified atom stereocenters. The van der Waals surface area contributed by atoms with E-state index >= 15 is 0 Å². The number of carbonyl (C=O) groups excluding carboxylic acids is 1. The Morgan fingerprint density at radius 1 is 1.17 bits per heavy atom. The van der Waals surface area contributed by atoms with Crippen LogP contribution in [0.2, 0.25) is 0 Å². The number of nitrogens with zero attached hydrogens (tertiary/aromatic N) is 1.